The highest BCUT2D eigenvalue weighted by atomic mass is 15.0. The molecule has 6 heteroatoms. The zero-order valence-electron chi connectivity index (χ0n) is 12.8. The van der Waals surface area contributed by atoms with Crippen molar-refractivity contribution in [2.45, 2.75) is 18.3 Å². The van der Waals surface area contributed by atoms with Gasteiger partial charge in [-0.25, -0.2) is 24.9 Å². The van der Waals surface area contributed by atoms with Gasteiger partial charge in [0.05, 0.1) is 0 Å². The van der Waals surface area contributed by atoms with Crippen LogP contribution in [0.4, 0.5) is 0 Å². The lowest BCUT2D eigenvalue weighted by molar-refractivity contribution is 0.926. The molecule has 0 aliphatic heterocycles. The Hall–Kier alpha value is -3.15. The van der Waals surface area contributed by atoms with Crippen molar-refractivity contribution in [3.63, 3.8) is 0 Å². The molecular weight excluding hydrogens is 300 g/mol. The minimum atomic E-state index is 0.454. The molecule has 116 valence electrons. The number of fused-ring (bicyclic) bond motifs is 1. The average Bonchev–Trinajstić information content (AvgIpc) is 3.34. The van der Waals surface area contributed by atoms with Crippen molar-refractivity contribution in [2.24, 2.45) is 0 Å². The third-order valence-electron chi connectivity index (χ3n) is 4.48. The van der Waals surface area contributed by atoms with Crippen molar-refractivity contribution in [3.05, 3.63) is 72.7 Å². The molecule has 2 atom stereocenters. The Labute approximate surface area is 138 Å². The Morgan fingerprint density at radius 3 is 2.42 bits per heavy atom. The van der Waals surface area contributed by atoms with E-state index in [1.807, 2.05) is 36.8 Å². The summed E-state index contributed by atoms with van der Waals surface area (Å²) < 4.78 is 2.16. The first-order chi connectivity index (χ1) is 11.9. The molecule has 5 rings (SSSR count). The van der Waals surface area contributed by atoms with Gasteiger partial charge in [0.1, 0.15) is 5.65 Å². The number of hydrogen-bond donors (Lipinski definition) is 0. The van der Waals surface area contributed by atoms with Crippen LogP contribution in [0.15, 0.2) is 61.4 Å². The third-order valence-corrected chi connectivity index (χ3v) is 4.48. The highest BCUT2D eigenvalue weighted by Gasteiger charge is 2.41. The van der Waals surface area contributed by atoms with Crippen molar-refractivity contribution in [3.8, 4) is 11.6 Å². The summed E-state index contributed by atoms with van der Waals surface area (Å²) in [5, 5.41) is 0. The minimum absolute atomic E-state index is 0.454. The maximum Gasteiger partial charge on any atom is 0.197 e. The second-order valence-electron chi connectivity index (χ2n) is 5.97. The van der Waals surface area contributed by atoms with Gasteiger partial charge in [-0.1, -0.05) is 6.07 Å². The van der Waals surface area contributed by atoms with Crippen LogP contribution in [-0.2, 0) is 0 Å². The van der Waals surface area contributed by atoms with Crippen LogP contribution in [0.1, 0.15) is 29.5 Å². The van der Waals surface area contributed by atoms with Crippen LogP contribution in [0, 0.1) is 0 Å². The summed E-state index contributed by atoms with van der Waals surface area (Å²) in [7, 11) is 0. The molecule has 4 aromatic rings. The quantitative estimate of drug-likeness (QED) is 0.581. The number of imidazole rings is 1. The van der Waals surface area contributed by atoms with E-state index in [1.54, 1.807) is 18.5 Å². The van der Waals surface area contributed by atoms with Gasteiger partial charge in [-0.05, 0) is 36.1 Å². The van der Waals surface area contributed by atoms with Crippen molar-refractivity contribution in [1.82, 2.24) is 29.3 Å². The van der Waals surface area contributed by atoms with Crippen LogP contribution in [0.2, 0.25) is 0 Å². The van der Waals surface area contributed by atoms with E-state index >= 15 is 0 Å². The van der Waals surface area contributed by atoms with E-state index in [2.05, 4.69) is 35.5 Å². The lowest BCUT2D eigenvalue weighted by Gasteiger charge is -2.02. The SMILES string of the molecule is c1cnc(-c2ncc(C3CC3c3cnc4ccccn34)cn2)nc1. The fourth-order valence-electron chi connectivity index (χ4n) is 3.18. The van der Waals surface area contributed by atoms with Gasteiger partial charge in [-0.2, -0.15) is 0 Å². The average molecular weight is 314 g/mol. The Bertz CT molecular complexity index is 993. The summed E-state index contributed by atoms with van der Waals surface area (Å²) in [6, 6.07) is 7.85. The lowest BCUT2D eigenvalue weighted by atomic mass is 10.1. The fraction of sp³-hybridized carbons (Fsp3) is 0.167. The predicted octanol–water partition coefficient (Wildman–Crippen LogP) is 2.85. The summed E-state index contributed by atoms with van der Waals surface area (Å²) in [4.78, 5) is 21.7. The topological polar surface area (TPSA) is 68.9 Å². The van der Waals surface area contributed by atoms with Gasteiger partial charge in [0.25, 0.3) is 0 Å². The molecule has 24 heavy (non-hydrogen) atoms. The Morgan fingerprint density at radius 1 is 0.792 bits per heavy atom. The van der Waals surface area contributed by atoms with E-state index in [0.717, 1.165) is 17.6 Å². The molecule has 0 radical (unpaired) electrons. The molecular formula is C18H14N6. The van der Waals surface area contributed by atoms with E-state index in [1.165, 1.54) is 5.69 Å². The monoisotopic (exact) mass is 314 g/mol. The van der Waals surface area contributed by atoms with Gasteiger partial charge >= 0.3 is 0 Å². The van der Waals surface area contributed by atoms with E-state index in [0.29, 0.717) is 23.5 Å². The van der Waals surface area contributed by atoms with E-state index < -0.39 is 0 Å². The highest BCUT2D eigenvalue weighted by Crippen LogP contribution is 2.54. The van der Waals surface area contributed by atoms with Gasteiger partial charge in [0, 0.05) is 48.8 Å². The van der Waals surface area contributed by atoms with E-state index in [9.17, 15) is 0 Å². The van der Waals surface area contributed by atoms with Crippen LogP contribution >= 0.6 is 0 Å². The van der Waals surface area contributed by atoms with E-state index in [-0.39, 0.29) is 0 Å². The van der Waals surface area contributed by atoms with Crippen LogP contribution < -0.4 is 0 Å². The van der Waals surface area contributed by atoms with Crippen molar-refractivity contribution in [1.29, 1.82) is 0 Å². The number of aromatic nitrogens is 6. The summed E-state index contributed by atoms with van der Waals surface area (Å²) >= 11 is 0. The van der Waals surface area contributed by atoms with Gasteiger partial charge < -0.3 is 4.40 Å². The van der Waals surface area contributed by atoms with Crippen LogP contribution in [0.25, 0.3) is 17.3 Å². The predicted molar refractivity (Wildman–Crippen MR) is 88.3 cm³/mol. The van der Waals surface area contributed by atoms with E-state index in [4.69, 9.17) is 0 Å². The maximum absolute atomic E-state index is 4.48. The first kappa shape index (κ1) is 13.3. The first-order valence-corrected chi connectivity index (χ1v) is 7.91. The number of nitrogens with zero attached hydrogens (tertiary/aromatic N) is 6. The summed E-state index contributed by atoms with van der Waals surface area (Å²) in [5.74, 6) is 2.05. The molecule has 0 aromatic carbocycles. The molecule has 1 saturated carbocycles. The molecule has 0 N–H and O–H groups in total. The molecule has 2 unspecified atom stereocenters. The molecule has 1 aliphatic carbocycles. The zero-order valence-corrected chi connectivity index (χ0v) is 12.8. The molecule has 1 fully saturated rings. The molecule has 0 saturated heterocycles. The maximum atomic E-state index is 4.48. The van der Waals surface area contributed by atoms with Gasteiger partial charge in [0.15, 0.2) is 11.6 Å². The molecule has 6 nitrogen and oxygen atoms in total. The Balaban J connectivity index is 1.41. The standard InChI is InChI=1S/C18H14N6/c1-2-7-24-15(11-21-16(24)4-1)14-8-13(14)12-9-22-18(23-10-12)17-19-5-3-6-20-17/h1-7,9-11,13-14H,8H2. The number of rotatable bonds is 3. The van der Waals surface area contributed by atoms with Crippen LogP contribution in [0.3, 0.4) is 0 Å². The van der Waals surface area contributed by atoms with Crippen molar-refractivity contribution < 1.29 is 0 Å². The Morgan fingerprint density at radius 2 is 1.58 bits per heavy atom. The second-order valence-corrected chi connectivity index (χ2v) is 5.97. The molecule has 0 spiro atoms. The minimum Gasteiger partial charge on any atom is -0.304 e. The normalized spacial score (nSPS) is 19.5. The number of hydrogen-bond acceptors (Lipinski definition) is 5. The molecule has 0 bridgehead atoms. The number of pyridine rings is 1. The molecule has 4 aromatic heterocycles. The molecule has 0 amide bonds. The third kappa shape index (κ3) is 2.15. The summed E-state index contributed by atoms with van der Waals surface area (Å²) in [6.45, 7) is 0. The summed E-state index contributed by atoms with van der Waals surface area (Å²) in [5.41, 5.74) is 3.41. The first-order valence-electron chi connectivity index (χ1n) is 7.91. The van der Waals surface area contributed by atoms with Crippen LogP contribution in [-0.4, -0.2) is 29.3 Å². The lowest BCUT2D eigenvalue weighted by Crippen LogP contribution is -1.96. The summed E-state index contributed by atoms with van der Waals surface area (Å²) in [6.07, 6.45) is 12.3. The largest absolute Gasteiger partial charge is 0.304 e. The Kier molecular flexibility index (Phi) is 2.88. The van der Waals surface area contributed by atoms with Crippen molar-refractivity contribution in [2.75, 3.05) is 0 Å². The van der Waals surface area contributed by atoms with Gasteiger partial charge in [0.2, 0.25) is 0 Å². The van der Waals surface area contributed by atoms with Gasteiger partial charge in [-0.3, -0.25) is 0 Å². The molecule has 1 aliphatic rings. The smallest absolute Gasteiger partial charge is 0.197 e. The van der Waals surface area contributed by atoms with Crippen molar-refractivity contribution >= 4 is 5.65 Å². The van der Waals surface area contributed by atoms with Gasteiger partial charge in [-0.15, -0.1) is 0 Å². The second kappa shape index (κ2) is 5.19. The fourth-order valence-corrected chi connectivity index (χ4v) is 3.18. The highest BCUT2D eigenvalue weighted by molar-refractivity contribution is 5.45. The molecule has 4 heterocycles. The van der Waals surface area contributed by atoms with Crippen LogP contribution in [0.5, 0.6) is 0 Å². The zero-order chi connectivity index (χ0) is 15.9.